The second kappa shape index (κ2) is 34.8. The maximum Gasteiger partial charge on any atom is 0.386 e. The van der Waals surface area contributed by atoms with Crippen molar-refractivity contribution >= 4 is 214 Å². The fraction of sp³-hybridized carbons (Fsp3) is 0.500. The lowest BCUT2D eigenvalue weighted by Gasteiger charge is -2.33. The number of hydrogen-bond donors (Lipinski definition) is 15. The molecule has 738 valence electrons. The van der Waals surface area contributed by atoms with Gasteiger partial charge in [-0.1, -0.05) is 12.2 Å². The zero-order chi connectivity index (χ0) is 96.5. The predicted octanol–water partition coefficient (Wildman–Crippen LogP) is 0.466. The van der Waals surface area contributed by atoms with E-state index >= 15 is 13.2 Å². The fourth-order valence-electron chi connectivity index (χ4n) is 18.1. The molecule has 12 aliphatic heterocycles. The van der Waals surface area contributed by atoms with Crippen LogP contribution in [0.25, 0.3) is 67.0 Å². The molecule has 0 aliphatic carbocycles. The quantitative estimate of drug-likeness (QED) is 0.0794. The van der Waals surface area contributed by atoms with E-state index in [0.717, 1.165) is 6.33 Å². The van der Waals surface area contributed by atoms with Gasteiger partial charge in [0.05, 0.1) is 114 Å². The van der Waals surface area contributed by atoms with E-state index in [1.165, 1.54) is 63.9 Å². The van der Waals surface area contributed by atoms with Gasteiger partial charge in [-0.2, -0.15) is 15.0 Å². The Hall–Kier alpha value is -7.71. The molecule has 138 heavy (non-hydrogen) atoms. The van der Waals surface area contributed by atoms with Crippen molar-refractivity contribution < 1.29 is 139 Å². The van der Waals surface area contributed by atoms with E-state index in [0.29, 0.717) is 50.6 Å². The summed E-state index contributed by atoms with van der Waals surface area (Å²) in [5, 5.41) is 0. The molecule has 30 atom stereocenters. The molecule has 0 saturated carbocycles. The SMILES string of the molecule is Nc1nc2c(ncn2[C@@H]2O[C@@H]3COP(O)(=S)OC4[C@H]5OC[C@]4(COP(=O)(S)O[C@@H]2[C@@H]3F)O[C@H]5n2cnc3c(N)ccnc32)c(=O)[nH]1.Nc1nc2c(ncn2[C@@H]2O[C@@H]3COP(O)(=S)OC4[C@H]5OC[C@]4(COP(O)(=S)O[C@@H]2[C@@H]3F)O[C@H]5n2cnc3c(N)ccnc32)c(=O)[nH]1.Nc1nc2c(ncn2[C@@H]2O[C@@H]3COP(O)(=S)OC4[C@H]5OC[C@]4(COP(O)(=S)O[C@@H]2[C@@H]3F)O[C@H]5n2cnc3c(N)ccnc32)c(=O)[nH]1. The third-order valence-electron chi connectivity index (χ3n) is 24.3. The van der Waals surface area contributed by atoms with Crippen molar-refractivity contribution in [1.82, 2.24) is 102 Å². The summed E-state index contributed by atoms with van der Waals surface area (Å²) < 4.78 is 194. The number of rotatable bonds is 6. The number of pyridine rings is 3. The number of aromatic amines is 3. The van der Waals surface area contributed by atoms with Gasteiger partial charge in [0.2, 0.25) is 17.8 Å². The zero-order valence-corrected chi connectivity index (χ0v) is 79.5. The van der Waals surface area contributed by atoms with Crippen molar-refractivity contribution in [1.29, 1.82) is 0 Å². The average Bonchev–Trinajstić information content (AvgIpc) is 1.56. The van der Waals surface area contributed by atoms with Crippen LogP contribution in [0.1, 0.15) is 37.4 Å². The molecule has 12 fully saturated rings. The maximum absolute atomic E-state index is 16.0. The van der Waals surface area contributed by atoms with Gasteiger partial charge in [0.1, 0.15) is 107 Å². The molecule has 0 aromatic carbocycles. The number of imidazole rings is 6. The lowest BCUT2D eigenvalue weighted by Crippen LogP contribution is -2.45. The van der Waals surface area contributed by atoms with E-state index in [-0.39, 0.29) is 71.2 Å². The van der Waals surface area contributed by atoms with Gasteiger partial charge in [0, 0.05) is 18.6 Å². The molecule has 72 heteroatoms. The molecule has 0 amide bonds. The third kappa shape index (κ3) is 16.7. The molecular formula is C66H72F3N27O30P6S6. The van der Waals surface area contributed by atoms with E-state index in [9.17, 15) is 43.4 Å². The summed E-state index contributed by atoms with van der Waals surface area (Å²) >= 11 is 30.7. The Morgan fingerprint density at radius 1 is 0.362 bits per heavy atom. The van der Waals surface area contributed by atoms with Crippen LogP contribution >= 0.6 is 52.6 Å². The minimum absolute atomic E-state index is 0.0537. The topological polar surface area (TPSA) is 751 Å². The number of fused-ring (bicyclic) bond motifs is 12. The number of anilines is 6. The van der Waals surface area contributed by atoms with E-state index in [4.69, 9.17) is 190 Å². The summed E-state index contributed by atoms with van der Waals surface area (Å²) in [5.74, 6) is -0.699. The third-order valence-corrected chi connectivity index (χ3v) is 33.6. The highest BCUT2D eigenvalue weighted by molar-refractivity contribution is 8.44. The highest BCUT2D eigenvalue weighted by Gasteiger charge is 2.70. The number of alkyl halides is 3. The molecule has 12 aromatic heterocycles. The molecule has 9 unspecified atom stereocenters. The number of thiol groups is 1. The first-order valence-electron chi connectivity index (χ1n) is 40.6. The first kappa shape index (κ1) is 95.2. The number of hydrogen-bond acceptors (Lipinski definition) is 48. The number of H-pyrrole nitrogens is 3. The minimum Gasteiger partial charge on any atom is -0.397 e. The van der Waals surface area contributed by atoms with Crippen LogP contribution in [0.4, 0.5) is 48.1 Å². The molecule has 12 aromatic rings. The number of nitrogen functional groups attached to an aromatic ring is 6. The monoisotopic (exact) mass is 2160 g/mol. The molecule has 24 heterocycles. The minimum atomic E-state index is -4.43. The Kier molecular flexibility index (Phi) is 24.0. The van der Waals surface area contributed by atoms with Gasteiger partial charge >= 0.3 is 40.4 Å². The second-order valence-corrected chi connectivity index (χ2v) is 49.7. The fourth-order valence-corrected chi connectivity index (χ4v) is 26.8. The van der Waals surface area contributed by atoms with Gasteiger partial charge in [-0.25, -0.2) is 62.6 Å². The first-order valence-corrected chi connectivity index (χ1v) is 56.3. The van der Waals surface area contributed by atoms with Crippen molar-refractivity contribution in [3.05, 3.63) is 106 Å². The van der Waals surface area contributed by atoms with Gasteiger partial charge in [-0.05, 0) is 77.2 Å². The van der Waals surface area contributed by atoms with Gasteiger partial charge in [0.15, 0.2) is 106 Å². The Labute approximate surface area is 795 Å². The summed E-state index contributed by atoms with van der Waals surface area (Å²) in [4.78, 5) is 150. The van der Waals surface area contributed by atoms with E-state index in [1.807, 2.05) is 0 Å². The average molecular weight is 2160 g/mol. The molecule has 12 bridgehead atoms. The van der Waals surface area contributed by atoms with Crippen LogP contribution in [0.3, 0.4) is 0 Å². The lowest BCUT2D eigenvalue weighted by molar-refractivity contribution is -0.183. The van der Waals surface area contributed by atoms with Gasteiger partial charge in [0.25, 0.3) is 16.7 Å². The summed E-state index contributed by atoms with van der Waals surface area (Å²) in [6.45, 7) is -29.2. The van der Waals surface area contributed by atoms with Crippen molar-refractivity contribution in [3.63, 3.8) is 0 Å². The number of nitrogens with one attached hydrogen (secondary N) is 3. The highest BCUT2D eigenvalue weighted by atomic mass is 32.7. The summed E-state index contributed by atoms with van der Waals surface area (Å²) in [6.07, 6.45) is -15.9. The van der Waals surface area contributed by atoms with Gasteiger partial charge in [-0.3, -0.25) is 88.4 Å². The molecule has 12 saturated heterocycles. The Balaban J connectivity index is 0.000000119. The first-order chi connectivity index (χ1) is 65.5. The molecule has 57 nitrogen and oxygen atoms in total. The Bertz CT molecular complexity index is 6780. The molecule has 20 N–H and O–H groups in total. The number of nitrogens with two attached hydrogens (primary N) is 6. The smallest absolute Gasteiger partial charge is 0.386 e. The molecule has 0 spiro atoms. The van der Waals surface area contributed by atoms with E-state index in [1.54, 1.807) is 31.9 Å². The van der Waals surface area contributed by atoms with Crippen LogP contribution in [0.15, 0.2) is 89.1 Å². The number of halogens is 3. The van der Waals surface area contributed by atoms with Crippen molar-refractivity contribution in [3.8, 4) is 0 Å². The van der Waals surface area contributed by atoms with Crippen LogP contribution in [0.5, 0.6) is 0 Å². The highest BCUT2D eigenvalue weighted by Crippen LogP contribution is 2.65. The van der Waals surface area contributed by atoms with Crippen molar-refractivity contribution in [2.45, 2.75) is 146 Å². The Morgan fingerprint density at radius 3 is 0.935 bits per heavy atom. The Morgan fingerprint density at radius 2 is 0.630 bits per heavy atom. The molecular weight excluding hydrogens is 2090 g/mol. The van der Waals surface area contributed by atoms with Crippen LogP contribution in [0, 0.1) is 0 Å². The van der Waals surface area contributed by atoms with Crippen molar-refractivity contribution in [2.24, 2.45) is 0 Å². The van der Waals surface area contributed by atoms with Crippen molar-refractivity contribution in [2.75, 3.05) is 93.9 Å². The largest absolute Gasteiger partial charge is 0.397 e. The number of nitrogens with zero attached hydrogens (tertiary/aromatic N) is 18. The summed E-state index contributed by atoms with van der Waals surface area (Å²) in [7, 11) is 0. The molecule has 12 aliphatic rings. The number of aromatic nitrogens is 21. The van der Waals surface area contributed by atoms with Crippen LogP contribution < -0.4 is 51.1 Å². The number of ether oxygens (including phenoxy) is 9. The maximum atomic E-state index is 16.0. The van der Waals surface area contributed by atoms with E-state index in [2.05, 4.69) is 87.0 Å². The second-order valence-electron chi connectivity index (χ2n) is 32.9. The normalized spacial score (nSPS) is 39.7. The molecule has 0 radical (unpaired) electrons. The standard InChI is InChI=1S/3C22H24FN9O10P2S2/c3*23-10-9-3-37-43(34,45)42-15-14-20(31-6-27-11-8(24)1-2-26-16(11)31)40-22(15,4-36-14)5-38-44(35,46)41-13(10)19(39-9)32-7-28-12-17(32)29-21(25)30-18(12)33/h3*1-2,6-7,9-10,13-15,19-20H,3-5H2,(H2,24,26)(H,34,45)(H,35,46)(H3,25,29,30,33)/t3*9-,10-,13-,14-,15?,19-,20-,22-,43?,44?/m111/s1. The van der Waals surface area contributed by atoms with Crippen LogP contribution in [-0.2, 0) is 161 Å². The lowest BCUT2D eigenvalue weighted by atomic mass is 10.0. The predicted molar refractivity (Wildman–Crippen MR) is 482 cm³/mol. The van der Waals surface area contributed by atoms with Gasteiger partial charge in [-0.15, -0.1) is 0 Å². The summed E-state index contributed by atoms with van der Waals surface area (Å²) in [5.41, 5.74) is 31.9. The summed E-state index contributed by atoms with van der Waals surface area (Å²) in [6, 6.07) is 4.79. The van der Waals surface area contributed by atoms with Crippen LogP contribution in [0.2, 0.25) is 0 Å². The molecule has 24 rings (SSSR count). The van der Waals surface area contributed by atoms with Gasteiger partial charge < -0.3 is 124 Å². The van der Waals surface area contributed by atoms with E-state index < -0.39 is 243 Å². The zero-order valence-electron chi connectivity index (χ0n) is 69.2. The van der Waals surface area contributed by atoms with Crippen LogP contribution in [-0.4, -0.2) is 295 Å².